The summed E-state index contributed by atoms with van der Waals surface area (Å²) in [5.41, 5.74) is 2.02. The highest BCUT2D eigenvalue weighted by atomic mass is 16.6. The highest BCUT2D eigenvalue weighted by Crippen LogP contribution is 2.45. The second-order valence-corrected chi connectivity index (χ2v) is 5.45. The van der Waals surface area contributed by atoms with Crippen LogP contribution in [0.3, 0.4) is 0 Å². The van der Waals surface area contributed by atoms with Gasteiger partial charge in [-0.2, -0.15) is 0 Å². The monoisotopic (exact) mass is 257 g/mol. The lowest BCUT2D eigenvalue weighted by Crippen LogP contribution is -2.12. The Labute approximate surface area is 110 Å². The number of hydrogen-bond acceptors (Lipinski definition) is 4. The first-order chi connectivity index (χ1) is 9.09. The van der Waals surface area contributed by atoms with Crippen LogP contribution in [0.15, 0.2) is 30.5 Å². The SMILES string of the molecule is CC1(CNc2ccc([N+](=O)[O-])c3cccnc23)CC1. The maximum absolute atomic E-state index is 11.0. The molecule has 1 aromatic carbocycles. The van der Waals surface area contributed by atoms with Gasteiger partial charge in [-0.15, -0.1) is 0 Å². The number of rotatable bonds is 4. The molecule has 5 nitrogen and oxygen atoms in total. The molecule has 5 heteroatoms. The summed E-state index contributed by atoms with van der Waals surface area (Å²) in [6.07, 6.45) is 4.13. The van der Waals surface area contributed by atoms with Gasteiger partial charge in [-0.1, -0.05) is 6.92 Å². The molecule has 0 spiro atoms. The second-order valence-electron chi connectivity index (χ2n) is 5.45. The van der Waals surface area contributed by atoms with E-state index in [1.807, 2.05) is 0 Å². The molecule has 2 aromatic rings. The van der Waals surface area contributed by atoms with Crippen molar-refractivity contribution < 1.29 is 4.92 Å². The summed E-state index contributed by atoms with van der Waals surface area (Å²) in [6.45, 7) is 3.12. The Kier molecular flexibility index (Phi) is 2.62. The molecule has 1 aromatic heterocycles. The number of nitrogens with one attached hydrogen (secondary N) is 1. The van der Waals surface area contributed by atoms with Crippen LogP contribution in [-0.2, 0) is 0 Å². The summed E-state index contributed by atoms with van der Waals surface area (Å²) in [7, 11) is 0. The number of nitro groups is 1. The Morgan fingerprint density at radius 3 is 2.89 bits per heavy atom. The molecule has 0 bridgehead atoms. The molecule has 1 saturated carbocycles. The maximum atomic E-state index is 11.0. The van der Waals surface area contributed by atoms with Gasteiger partial charge in [0, 0.05) is 18.8 Å². The molecule has 0 radical (unpaired) electrons. The average Bonchev–Trinajstić information content (AvgIpc) is 3.14. The molecule has 1 fully saturated rings. The molecular weight excluding hydrogens is 242 g/mol. The molecular formula is C14H15N3O2. The molecule has 0 saturated heterocycles. The fraction of sp³-hybridized carbons (Fsp3) is 0.357. The minimum absolute atomic E-state index is 0.103. The Morgan fingerprint density at radius 1 is 1.42 bits per heavy atom. The van der Waals surface area contributed by atoms with Crippen molar-refractivity contribution in [3.05, 3.63) is 40.6 Å². The summed E-state index contributed by atoms with van der Waals surface area (Å²) in [4.78, 5) is 14.9. The van der Waals surface area contributed by atoms with E-state index in [0.29, 0.717) is 16.3 Å². The fourth-order valence-electron chi connectivity index (χ4n) is 2.16. The molecule has 19 heavy (non-hydrogen) atoms. The summed E-state index contributed by atoms with van der Waals surface area (Å²) in [6, 6.07) is 6.76. The van der Waals surface area contributed by atoms with Crippen molar-refractivity contribution in [1.29, 1.82) is 0 Å². The number of aromatic nitrogens is 1. The Hall–Kier alpha value is -2.17. The van der Waals surface area contributed by atoms with Crippen LogP contribution in [0, 0.1) is 15.5 Å². The number of non-ortho nitro benzene ring substituents is 1. The molecule has 0 unspecified atom stereocenters. The van der Waals surface area contributed by atoms with E-state index in [9.17, 15) is 10.1 Å². The number of pyridine rings is 1. The van der Waals surface area contributed by atoms with Gasteiger partial charge in [-0.3, -0.25) is 15.1 Å². The smallest absolute Gasteiger partial charge is 0.278 e. The van der Waals surface area contributed by atoms with Crippen molar-refractivity contribution in [2.24, 2.45) is 5.41 Å². The predicted octanol–water partition coefficient (Wildman–Crippen LogP) is 3.36. The average molecular weight is 257 g/mol. The largest absolute Gasteiger partial charge is 0.383 e. The first-order valence-electron chi connectivity index (χ1n) is 6.35. The zero-order valence-electron chi connectivity index (χ0n) is 10.7. The van der Waals surface area contributed by atoms with E-state index in [4.69, 9.17) is 0 Å². The first-order valence-corrected chi connectivity index (χ1v) is 6.35. The lowest BCUT2D eigenvalue weighted by molar-refractivity contribution is -0.383. The fourth-order valence-corrected chi connectivity index (χ4v) is 2.16. The summed E-state index contributed by atoms with van der Waals surface area (Å²) >= 11 is 0. The lowest BCUT2D eigenvalue weighted by Gasteiger charge is -2.13. The standard InChI is InChI=1S/C14H15N3O2/c1-14(6-7-14)9-16-11-4-5-12(17(18)19)10-3-2-8-15-13(10)11/h2-5,8,16H,6-7,9H2,1H3. The predicted molar refractivity (Wildman–Crippen MR) is 74.2 cm³/mol. The van der Waals surface area contributed by atoms with Crippen LogP contribution in [0.2, 0.25) is 0 Å². The third-order valence-corrected chi connectivity index (χ3v) is 3.75. The highest BCUT2D eigenvalue weighted by Gasteiger charge is 2.36. The van der Waals surface area contributed by atoms with Gasteiger partial charge in [0.05, 0.1) is 16.0 Å². The number of benzene rings is 1. The molecule has 1 aliphatic rings. The van der Waals surface area contributed by atoms with E-state index < -0.39 is 0 Å². The molecule has 1 heterocycles. The molecule has 0 amide bonds. The quantitative estimate of drug-likeness (QED) is 0.673. The van der Waals surface area contributed by atoms with Crippen molar-refractivity contribution in [1.82, 2.24) is 4.98 Å². The molecule has 98 valence electrons. The number of nitro benzene ring substituents is 1. The van der Waals surface area contributed by atoms with Crippen molar-refractivity contribution in [2.45, 2.75) is 19.8 Å². The van der Waals surface area contributed by atoms with Gasteiger partial charge in [0.15, 0.2) is 0 Å². The van der Waals surface area contributed by atoms with E-state index >= 15 is 0 Å². The van der Waals surface area contributed by atoms with E-state index in [-0.39, 0.29) is 10.6 Å². The van der Waals surface area contributed by atoms with Crippen LogP contribution in [-0.4, -0.2) is 16.5 Å². The minimum Gasteiger partial charge on any atom is -0.383 e. The third-order valence-electron chi connectivity index (χ3n) is 3.75. The zero-order chi connectivity index (χ0) is 13.5. The Balaban J connectivity index is 2.01. The van der Waals surface area contributed by atoms with Gasteiger partial charge >= 0.3 is 0 Å². The second kappa shape index (κ2) is 4.19. The molecule has 1 aliphatic carbocycles. The van der Waals surface area contributed by atoms with E-state index in [2.05, 4.69) is 17.2 Å². The zero-order valence-corrected chi connectivity index (χ0v) is 10.7. The molecule has 0 atom stereocenters. The Morgan fingerprint density at radius 2 is 2.21 bits per heavy atom. The summed E-state index contributed by atoms with van der Waals surface area (Å²) in [5, 5.41) is 15.0. The van der Waals surface area contributed by atoms with Crippen LogP contribution >= 0.6 is 0 Å². The number of anilines is 1. The van der Waals surface area contributed by atoms with Crippen LogP contribution in [0.25, 0.3) is 10.9 Å². The lowest BCUT2D eigenvalue weighted by atomic mass is 10.1. The topological polar surface area (TPSA) is 68.1 Å². The van der Waals surface area contributed by atoms with Crippen molar-refractivity contribution in [2.75, 3.05) is 11.9 Å². The van der Waals surface area contributed by atoms with Gasteiger partial charge < -0.3 is 5.32 Å². The van der Waals surface area contributed by atoms with Crippen LogP contribution in [0.5, 0.6) is 0 Å². The van der Waals surface area contributed by atoms with Gasteiger partial charge in [-0.25, -0.2) is 0 Å². The number of hydrogen-bond donors (Lipinski definition) is 1. The van der Waals surface area contributed by atoms with Crippen molar-refractivity contribution >= 4 is 22.3 Å². The summed E-state index contributed by atoms with van der Waals surface area (Å²) < 4.78 is 0. The van der Waals surface area contributed by atoms with Crippen molar-refractivity contribution in [3.8, 4) is 0 Å². The van der Waals surface area contributed by atoms with Crippen molar-refractivity contribution in [3.63, 3.8) is 0 Å². The van der Waals surface area contributed by atoms with Gasteiger partial charge in [0.1, 0.15) is 5.52 Å². The van der Waals surface area contributed by atoms with Crippen LogP contribution < -0.4 is 5.32 Å². The van der Waals surface area contributed by atoms with E-state index in [1.54, 1.807) is 30.5 Å². The first kappa shape index (κ1) is 11.9. The summed E-state index contributed by atoms with van der Waals surface area (Å²) in [5.74, 6) is 0. The van der Waals surface area contributed by atoms with E-state index in [0.717, 1.165) is 12.2 Å². The molecule has 0 aliphatic heterocycles. The Bertz CT molecular complexity index is 650. The maximum Gasteiger partial charge on any atom is 0.278 e. The molecule has 3 rings (SSSR count). The number of nitrogens with zero attached hydrogens (tertiary/aromatic N) is 2. The van der Waals surface area contributed by atoms with E-state index in [1.165, 1.54) is 12.8 Å². The van der Waals surface area contributed by atoms with Gasteiger partial charge in [0.25, 0.3) is 5.69 Å². The molecule has 1 N–H and O–H groups in total. The van der Waals surface area contributed by atoms with Crippen LogP contribution in [0.4, 0.5) is 11.4 Å². The van der Waals surface area contributed by atoms with Gasteiger partial charge in [0.2, 0.25) is 0 Å². The van der Waals surface area contributed by atoms with Gasteiger partial charge in [-0.05, 0) is 36.5 Å². The highest BCUT2D eigenvalue weighted by molar-refractivity contribution is 5.96. The van der Waals surface area contributed by atoms with Crippen LogP contribution in [0.1, 0.15) is 19.8 Å². The normalized spacial score (nSPS) is 16.3. The third kappa shape index (κ3) is 2.23. The number of fused-ring (bicyclic) bond motifs is 1. The minimum atomic E-state index is -0.365.